The van der Waals surface area contributed by atoms with E-state index in [0.717, 1.165) is 16.9 Å². The molecule has 0 aliphatic carbocycles. The molecule has 0 saturated heterocycles. The van der Waals surface area contributed by atoms with E-state index in [2.05, 4.69) is 5.32 Å². The second kappa shape index (κ2) is 5.19. The first-order valence-corrected chi connectivity index (χ1v) is 6.84. The highest BCUT2D eigenvalue weighted by molar-refractivity contribution is 7.11. The quantitative estimate of drug-likeness (QED) is 0.926. The van der Waals surface area contributed by atoms with Gasteiger partial charge in [0.2, 0.25) is 0 Å². The normalized spacial score (nSPS) is 10.5. The Labute approximate surface area is 119 Å². The van der Waals surface area contributed by atoms with Crippen molar-refractivity contribution in [2.75, 3.05) is 5.32 Å². The number of amides is 1. The molecular formula is C13H13ClN2O2S. The first-order valence-electron chi connectivity index (χ1n) is 5.64. The Hall–Kier alpha value is -1.59. The molecule has 0 bridgehead atoms. The maximum absolute atomic E-state index is 12.2. The van der Waals surface area contributed by atoms with Crippen molar-refractivity contribution in [2.45, 2.75) is 13.8 Å². The van der Waals surface area contributed by atoms with Crippen LogP contribution in [0.5, 0.6) is 0 Å². The molecule has 1 aromatic heterocycles. The molecule has 1 N–H and O–H groups in total. The lowest BCUT2D eigenvalue weighted by Gasteiger charge is -2.08. The molecule has 0 aliphatic rings. The highest BCUT2D eigenvalue weighted by atomic mass is 35.5. The van der Waals surface area contributed by atoms with Crippen LogP contribution >= 0.6 is 22.9 Å². The number of halogens is 1. The second-order valence-corrected chi connectivity index (χ2v) is 5.58. The standard InChI is InChI=1S/C13H13ClN2O2S/c1-7-9(14)5-4-6-10(7)15-12(17)11-8(2)16(3)13(18)19-11/h4-6H,1-3H3,(H,15,17). The molecule has 0 fully saturated rings. The summed E-state index contributed by atoms with van der Waals surface area (Å²) >= 11 is 6.94. The van der Waals surface area contributed by atoms with Crippen LogP contribution in [0.2, 0.25) is 5.02 Å². The SMILES string of the molecule is Cc1c(Cl)cccc1NC(=O)c1sc(=O)n(C)c1C. The molecule has 2 rings (SSSR count). The Bertz CT molecular complexity index is 703. The zero-order valence-electron chi connectivity index (χ0n) is 10.8. The summed E-state index contributed by atoms with van der Waals surface area (Å²) in [5.74, 6) is -0.287. The van der Waals surface area contributed by atoms with Crippen LogP contribution in [0.4, 0.5) is 5.69 Å². The average Bonchev–Trinajstić information content (AvgIpc) is 2.63. The molecule has 0 spiro atoms. The van der Waals surface area contributed by atoms with Gasteiger partial charge in [-0.25, -0.2) is 0 Å². The smallest absolute Gasteiger partial charge is 0.307 e. The van der Waals surface area contributed by atoms with Crippen molar-refractivity contribution in [1.82, 2.24) is 4.57 Å². The molecule has 1 amide bonds. The lowest BCUT2D eigenvalue weighted by Crippen LogP contribution is -2.13. The van der Waals surface area contributed by atoms with Gasteiger partial charge in [0.25, 0.3) is 5.91 Å². The van der Waals surface area contributed by atoms with Crippen molar-refractivity contribution in [3.05, 3.63) is 49.0 Å². The van der Waals surface area contributed by atoms with E-state index in [1.165, 1.54) is 4.57 Å². The number of thiazole rings is 1. The van der Waals surface area contributed by atoms with E-state index in [9.17, 15) is 9.59 Å². The Kier molecular flexibility index (Phi) is 3.78. The first kappa shape index (κ1) is 13.8. The molecule has 0 aliphatic heterocycles. The molecule has 0 saturated carbocycles. The van der Waals surface area contributed by atoms with Gasteiger partial charge in [-0.15, -0.1) is 0 Å². The topological polar surface area (TPSA) is 51.1 Å². The van der Waals surface area contributed by atoms with Crippen LogP contribution in [0.25, 0.3) is 0 Å². The van der Waals surface area contributed by atoms with Gasteiger partial charge in [-0.05, 0) is 31.5 Å². The lowest BCUT2D eigenvalue weighted by atomic mass is 10.2. The molecule has 0 atom stereocenters. The number of carbonyl (C=O) groups excluding carboxylic acids is 1. The van der Waals surface area contributed by atoms with Crippen LogP contribution in [0.1, 0.15) is 20.9 Å². The molecule has 6 heteroatoms. The minimum absolute atomic E-state index is 0.148. The summed E-state index contributed by atoms with van der Waals surface area (Å²) in [5.41, 5.74) is 2.12. The molecule has 0 radical (unpaired) electrons. The number of benzene rings is 1. The maximum atomic E-state index is 12.2. The third-order valence-corrected chi connectivity index (χ3v) is 4.56. The summed E-state index contributed by atoms with van der Waals surface area (Å²) in [5, 5.41) is 3.38. The number of anilines is 1. The summed E-state index contributed by atoms with van der Waals surface area (Å²) in [7, 11) is 1.65. The van der Waals surface area contributed by atoms with E-state index in [-0.39, 0.29) is 10.8 Å². The largest absolute Gasteiger partial charge is 0.321 e. The molecule has 2 aromatic rings. The Morgan fingerprint density at radius 1 is 1.37 bits per heavy atom. The van der Waals surface area contributed by atoms with E-state index >= 15 is 0 Å². The van der Waals surface area contributed by atoms with Crippen LogP contribution in [0.3, 0.4) is 0 Å². The van der Waals surface area contributed by atoms with Crippen molar-refractivity contribution in [2.24, 2.45) is 7.05 Å². The number of nitrogens with zero attached hydrogens (tertiary/aromatic N) is 1. The molecule has 1 heterocycles. The van der Waals surface area contributed by atoms with Gasteiger partial charge in [-0.2, -0.15) is 0 Å². The molecule has 0 unspecified atom stereocenters. The summed E-state index contributed by atoms with van der Waals surface area (Å²) in [4.78, 5) is 24.0. The lowest BCUT2D eigenvalue weighted by molar-refractivity contribution is 0.102. The van der Waals surface area contributed by atoms with Crippen LogP contribution in [-0.4, -0.2) is 10.5 Å². The van der Waals surface area contributed by atoms with Crippen molar-refractivity contribution in [1.29, 1.82) is 0 Å². The molecule has 4 nitrogen and oxygen atoms in total. The van der Waals surface area contributed by atoms with Gasteiger partial charge in [0, 0.05) is 23.5 Å². The van der Waals surface area contributed by atoms with Crippen molar-refractivity contribution in [3.8, 4) is 0 Å². The predicted molar refractivity (Wildman–Crippen MR) is 78.4 cm³/mol. The van der Waals surface area contributed by atoms with Crippen LogP contribution in [-0.2, 0) is 7.05 Å². The number of nitrogens with one attached hydrogen (secondary N) is 1. The Morgan fingerprint density at radius 2 is 2.05 bits per heavy atom. The Balaban J connectivity index is 2.34. The molecule has 100 valence electrons. The van der Waals surface area contributed by atoms with E-state index < -0.39 is 0 Å². The monoisotopic (exact) mass is 296 g/mol. The highest BCUT2D eigenvalue weighted by Crippen LogP contribution is 2.24. The summed E-state index contributed by atoms with van der Waals surface area (Å²) in [6.07, 6.45) is 0. The fourth-order valence-corrected chi connectivity index (χ4v) is 2.70. The van der Waals surface area contributed by atoms with E-state index in [1.54, 1.807) is 32.2 Å². The highest BCUT2D eigenvalue weighted by Gasteiger charge is 2.16. The zero-order chi connectivity index (χ0) is 14.2. The van der Waals surface area contributed by atoms with Gasteiger partial charge < -0.3 is 9.88 Å². The number of rotatable bonds is 2. The van der Waals surface area contributed by atoms with E-state index in [1.807, 2.05) is 6.92 Å². The van der Waals surface area contributed by atoms with Gasteiger partial charge in [0.05, 0.1) is 0 Å². The van der Waals surface area contributed by atoms with Crippen molar-refractivity contribution < 1.29 is 4.79 Å². The fraction of sp³-hybridized carbons (Fsp3) is 0.231. The second-order valence-electron chi connectivity index (χ2n) is 4.21. The van der Waals surface area contributed by atoms with Crippen LogP contribution in [0.15, 0.2) is 23.0 Å². The van der Waals surface area contributed by atoms with Gasteiger partial charge >= 0.3 is 4.87 Å². The maximum Gasteiger partial charge on any atom is 0.307 e. The fourth-order valence-electron chi connectivity index (χ4n) is 1.65. The van der Waals surface area contributed by atoms with Crippen LogP contribution in [0, 0.1) is 13.8 Å². The molecule has 19 heavy (non-hydrogen) atoms. The first-order chi connectivity index (χ1) is 8.91. The summed E-state index contributed by atoms with van der Waals surface area (Å²) in [6.45, 7) is 3.58. The van der Waals surface area contributed by atoms with Gasteiger partial charge in [-0.1, -0.05) is 29.0 Å². The van der Waals surface area contributed by atoms with Gasteiger partial charge in [0.1, 0.15) is 4.88 Å². The zero-order valence-corrected chi connectivity index (χ0v) is 12.4. The van der Waals surface area contributed by atoms with Crippen LogP contribution < -0.4 is 10.2 Å². The minimum Gasteiger partial charge on any atom is -0.321 e. The number of carbonyl (C=O) groups is 1. The predicted octanol–water partition coefficient (Wildman–Crippen LogP) is 2.97. The van der Waals surface area contributed by atoms with Gasteiger partial charge in [0.15, 0.2) is 0 Å². The number of aromatic nitrogens is 1. The summed E-state index contributed by atoms with van der Waals surface area (Å²) < 4.78 is 1.46. The minimum atomic E-state index is -0.287. The third kappa shape index (κ3) is 2.57. The van der Waals surface area contributed by atoms with Crippen molar-refractivity contribution >= 4 is 34.5 Å². The van der Waals surface area contributed by atoms with E-state index in [0.29, 0.717) is 21.3 Å². The molecular weight excluding hydrogens is 284 g/mol. The van der Waals surface area contributed by atoms with Gasteiger partial charge in [-0.3, -0.25) is 9.59 Å². The molecule has 1 aromatic carbocycles. The summed E-state index contributed by atoms with van der Waals surface area (Å²) in [6, 6.07) is 5.31. The average molecular weight is 297 g/mol. The Morgan fingerprint density at radius 3 is 2.63 bits per heavy atom. The van der Waals surface area contributed by atoms with Crippen molar-refractivity contribution in [3.63, 3.8) is 0 Å². The van der Waals surface area contributed by atoms with E-state index in [4.69, 9.17) is 11.6 Å². The number of hydrogen-bond acceptors (Lipinski definition) is 3. The number of hydrogen-bond donors (Lipinski definition) is 1. The third-order valence-electron chi connectivity index (χ3n) is 3.02.